The third-order valence-electron chi connectivity index (χ3n) is 7.00. The summed E-state index contributed by atoms with van der Waals surface area (Å²) in [7, 11) is 0. The van der Waals surface area contributed by atoms with E-state index in [1.807, 2.05) is 54.2 Å². The van der Waals surface area contributed by atoms with Gasteiger partial charge in [-0.05, 0) is 50.5 Å². The zero-order valence-corrected chi connectivity index (χ0v) is 21.9. The second kappa shape index (κ2) is 9.82. The van der Waals surface area contributed by atoms with Crippen molar-refractivity contribution in [3.05, 3.63) is 51.5 Å². The maximum atomic E-state index is 13.1. The molecule has 0 radical (unpaired) electrons. The van der Waals surface area contributed by atoms with Crippen molar-refractivity contribution in [2.24, 2.45) is 0 Å². The minimum absolute atomic E-state index is 0.0108. The summed E-state index contributed by atoms with van der Waals surface area (Å²) in [6.45, 7) is 11.1. The normalized spacial score (nSPS) is 19.0. The Labute approximate surface area is 215 Å². The first-order chi connectivity index (χ1) is 17.2. The van der Waals surface area contributed by atoms with Gasteiger partial charge in [0.15, 0.2) is 5.01 Å². The van der Waals surface area contributed by atoms with Gasteiger partial charge in [-0.3, -0.25) is 14.5 Å². The number of piperazine rings is 1. The molecule has 3 aliphatic rings. The van der Waals surface area contributed by atoms with Crippen LogP contribution in [-0.4, -0.2) is 99.9 Å². The molecule has 0 aliphatic carbocycles. The summed E-state index contributed by atoms with van der Waals surface area (Å²) in [6, 6.07) is 6.16. The largest absolute Gasteiger partial charge is 0.444 e. The van der Waals surface area contributed by atoms with Crippen LogP contribution in [0.4, 0.5) is 4.79 Å². The van der Waals surface area contributed by atoms with Crippen LogP contribution >= 0.6 is 11.3 Å². The highest BCUT2D eigenvalue weighted by Crippen LogP contribution is 2.25. The lowest BCUT2D eigenvalue weighted by molar-refractivity contribution is 0.00844. The van der Waals surface area contributed by atoms with Crippen LogP contribution in [-0.2, 0) is 17.7 Å². The van der Waals surface area contributed by atoms with E-state index in [0.717, 1.165) is 24.2 Å². The third-order valence-corrected chi connectivity index (χ3v) is 7.76. The van der Waals surface area contributed by atoms with E-state index in [9.17, 15) is 14.4 Å². The molecule has 0 unspecified atom stereocenters. The molecule has 2 aromatic rings. The van der Waals surface area contributed by atoms with E-state index in [-0.39, 0.29) is 17.9 Å². The molecule has 1 aromatic heterocycles. The summed E-state index contributed by atoms with van der Waals surface area (Å²) in [5.74, 6) is 0.0675. The van der Waals surface area contributed by atoms with Gasteiger partial charge in [-0.2, -0.15) is 0 Å². The summed E-state index contributed by atoms with van der Waals surface area (Å²) in [6.07, 6.45) is 2.07. The predicted octanol–water partition coefficient (Wildman–Crippen LogP) is 2.72. The topological polar surface area (TPSA) is 86.3 Å². The molecule has 5 rings (SSSR count). The first-order valence-corrected chi connectivity index (χ1v) is 13.4. The predicted molar refractivity (Wildman–Crippen MR) is 136 cm³/mol. The Kier molecular flexibility index (Phi) is 6.74. The molecule has 2 saturated heterocycles. The summed E-state index contributed by atoms with van der Waals surface area (Å²) < 4.78 is 5.50. The van der Waals surface area contributed by atoms with Gasteiger partial charge in [-0.1, -0.05) is 6.07 Å². The number of likely N-dealkylation sites (tertiary alicyclic amines) is 1. The van der Waals surface area contributed by atoms with Crippen LogP contribution in [0.5, 0.6) is 0 Å². The maximum Gasteiger partial charge on any atom is 0.410 e. The van der Waals surface area contributed by atoms with Crippen LogP contribution in [0, 0.1) is 0 Å². The average Bonchev–Trinajstić information content (AvgIpc) is 3.36. The van der Waals surface area contributed by atoms with Crippen molar-refractivity contribution in [1.29, 1.82) is 0 Å². The molecule has 4 heterocycles. The fourth-order valence-corrected chi connectivity index (χ4v) is 5.56. The Balaban J connectivity index is 1.11. The SMILES string of the molecule is CC(C)(C)OC(=O)N1CCc2cc(C(=O)N3CC(N4CCN(C(=O)c5nccs5)CC4)C3)ccc2C1. The molecule has 0 N–H and O–H groups in total. The van der Waals surface area contributed by atoms with E-state index >= 15 is 0 Å². The summed E-state index contributed by atoms with van der Waals surface area (Å²) >= 11 is 1.38. The van der Waals surface area contributed by atoms with Gasteiger partial charge in [0.1, 0.15) is 5.60 Å². The Morgan fingerprint density at radius 2 is 1.69 bits per heavy atom. The zero-order valence-electron chi connectivity index (χ0n) is 21.1. The molecular formula is C26H33N5O4S. The highest BCUT2D eigenvalue weighted by atomic mass is 32.1. The van der Waals surface area contributed by atoms with Crippen molar-refractivity contribution in [2.75, 3.05) is 45.8 Å². The van der Waals surface area contributed by atoms with Gasteiger partial charge in [-0.25, -0.2) is 9.78 Å². The molecular weight excluding hydrogens is 478 g/mol. The van der Waals surface area contributed by atoms with Crippen LogP contribution in [0.1, 0.15) is 52.1 Å². The second-order valence-electron chi connectivity index (χ2n) is 10.7. The van der Waals surface area contributed by atoms with Gasteiger partial charge in [0, 0.05) is 75.5 Å². The van der Waals surface area contributed by atoms with E-state index < -0.39 is 5.60 Å². The number of carbonyl (C=O) groups excluding carboxylic acids is 3. The van der Waals surface area contributed by atoms with E-state index in [1.54, 1.807) is 11.1 Å². The number of hydrogen-bond donors (Lipinski definition) is 0. The van der Waals surface area contributed by atoms with Crippen LogP contribution < -0.4 is 0 Å². The van der Waals surface area contributed by atoms with Gasteiger partial charge in [0.05, 0.1) is 0 Å². The van der Waals surface area contributed by atoms with Gasteiger partial charge >= 0.3 is 6.09 Å². The molecule has 192 valence electrons. The molecule has 2 fully saturated rings. The monoisotopic (exact) mass is 511 g/mol. The highest BCUT2D eigenvalue weighted by molar-refractivity contribution is 7.11. The molecule has 9 nitrogen and oxygen atoms in total. The molecule has 0 bridgehead atoms. The Morgan fingerprint density at radius 3 is 2.36 bits per heavy atom. The summed E-state index contributed by atoms with van der Waals surface area (Å²) in [5.41, 5.74) is 2.38. The number of rotatable bonds is 3. The maximum absolute atomic E-state index is 13.1. The molecule has 0 saturated carbocycles. The van der Waals surface area contributed by atoms with Crippen molar-refractivity contribution in [3.63, 3.8) is 0 Å². The van der Waals surface area contributed by atoms with Crippen LogP contribution in [0.2, 0.25) is 0 Å². The van der Waals surface area contributed by atoms with Crippen LogP contribution in [0.3, 0.4) is 0 Å². The molecule has 10 heteroatoms. The van der Waals surface area contributed by atoms with Gasteiger partial charge in [0.25, 0.3) is 11.8 Å². The lowest BCUT2D eigenvalue weighted by atomic mass is 9.96. The second-order valence-corrected chi connectivity index (χ2v) is 11.6. The number of aromatic nitrogens is 1. The summed E-state index contributed by atoms with van der Waals surface area (Å²) in [5, 5.41) is 2.37. The first kappa shape index (κ1) is 24.7. The number of benzene rings is 1. The third kappa shape index (κ3) is 5.24. The number of ether oxygens (including phenoxy) is 1. The number of fused-ring (bicyclic) bond motifs is 1. The number of thiazole rings is 1. The Hall–Kier alpha value is -2.98. The van der Waals surface area contributed by atoms with Gasteiger partial charge in [-0.15, -0.1) is 11.3 Å². The highest BCUT2D eigenvalue weighted by Gasteiger charge is 2.37. The first-order valence-electron chi connectivity index (χ1n) is 12.5. The van der Waals surface area contributed by atoms with Crippen molar-refractivity contribution in [1.82, 2.24) is 24.6 Å². The molecule has 0 atom stereocenters. The number of nitrogens with zero attached hydrogens (tertiary/aromatic N) is 5. The fourth-order valence-electron chi connectivity index (χ4n) is 4.96. The molecule has 0 spiro atoms. The van der Waals surface area contributed by atoms with E-state index in [1.165, 1.54) is 11.3 Å². The Morgan fingerprint density at radius 1 is 0.944 bits per heavy atom. The number of hydrogen-bond acceptors (Lipinski definition) is 7. The van der Waals surface area contributed by atoms with Gasteiger partial charge in [0.2, 0.25) is 0 Å². The standard InChI is InChI=1S/C26H33N5O4S/c1-26(2,3)35-25(34)30-8-6-18-14-19(4-5-20(18)15-30)23(32)31-16-21(17-31)28-9-11-29(12-10-28)24(33)22-27-7-13-36-22/h4-5,7,13-14,21H,6,8-12,15-17H2,1-3H3. The summed E-state index contributed by atoms with van der Waals surface area (Å²) in [4.78, 5) is 50.0. The van der Waals surface area contributed by atoms with Crippen molar-refractivity contribution < 1.29 is 19.1 Å². The van der Waals surface area contributed by atoms with Crippen molar-refractivity contribution in [2.45, 2.75) is 45.4 Å². The fraction of sp³-hybridized carbons (Fsp3) is 0.538. The average molecular weight is 512 g/mol. The van der Waals surface area contributed by atoms with Crippen molar-refractivity contribution >= 4 is 29.2 Å². The molecule has 1 aromatic carbocycles. The van der Waals surface area contributed by atoms with Crippen molar-refractivity contribution in [3.8, 4) is 0 Å². The van der Waals surface area contributed by atoms with E-state index in [2.05, 4.69) is 9.88 Å². The van der Waals surface area contributed by atoms with E-state index in [0.29, 0.717) is 62.3 Å². The van der Waals surface area contributed by atoms with Crippen LogP contribution in [0.25, 0.3) is 0 Å². The lowest BCUT2D eigenvalue weighted by Gasteiger charge is -2.48. The molecule has 3 amide bonds. The van der Waals surface area contributed by atoms with E-state index in [4.69, 9.17) is 4.74 Å². The number of carbonyl (C=O) groups is 3. The number of amides is 3. The van der Waals surface area contributed by atoms with Crippen LogP contribution in [0.15, 0.2) is 29.8 Å². The molecule has 36 heavy (non-hydrogen) atoms. The molecule has 3 aliphatic heterocycles. The zero-order chi connectivity index (χ0) is 25.4. The van der Waals surface area contributed by atoms with Gasteiger partial charge < -0.3 is 19.4 Å². The smallest absolute Gasteiger partial charge is 0.410 e. The minimum Gasteiger partial charge on any atom is -0.444 e. The quantitative estimate of drug-likeness (QED) is 0.630. The minimum atomic E-state index is -0.519. The Bertz CT molecular complexity index is 1130. The lowest BCUT2D eigenvalue weighted by Crippen LogP contribution is -2.64.